The van der Waals surface area contributed by atoms with E-state index in [2.05, 4.69) is 4.98 Å². The molecule has 0 radical (unpaired) electrons. The van der Waals surface area contributed by atoms with Crippen LogP contribution in [0.4, 0.5) is 0 Å². The van der Waals surface area contributed by atoms with E-state index in [1.165, 1.54) is 0 Å². The van der Waals surface area contributed by atoms with Crippen LogP contribution >= 0.6 is 0 Å². The first-order chi connectivity index (χ1) is 6.67. The Morgan fingerprint density at radius 1 is 1.36 bits per heavy atom. The summed E-state index contributed by atoms with van der Waals surface area (Å²) in [6.07, 6.45) is 4.47. The predicted molar refractivity (Wildman–Crippen MR) is 54.1 cm³/mol. The van der Waals surface area contributed by atoms with Gasteiger partial charge in [0.25, 0.3) is 0 Å². The molecule has 0 aromatic carbocycles. The molecule has 0 spiro atoms. The minimum Gasteiger partial charge on any atom is -0.481 e. The largest absolute Gasteiger partial charge is 0.481 e. The average molecular weight is 193 g/mol. The maximum Gasteiger partial charge on any atom is 0.314 e. The molecular weight excluding hydrogens is 178 g/mol. The van der Waals surface area contributed by atoms with Crippen LogP contribution in [0.2, 0.25) is 0 Å². The molecule has 1 aromatic rings. The summed E-state index contributed by atoms with van der Waals surface area (Å²) < 4.78 is 0. The number of nitrogens with zero attached hydrogens (tertiary/aromatic N) is 1. The van der Waals surface area contributed by atoms with E-state index in [9.17, 15) is 9.90 Å². The lowest BCUT2D eigenvalue weighted by molar-refractivity contribution is -0.144. The normalized spacial score (nSPS) is 11.3. The maximum atomic E-state index is 11.3. The van der Waals surface area contributed by atoms with Crippen molar-refractivity contribution in [3.63, 3.8) is 0 Å². The summed E-state index contributed by atoms with van der Waals surface area (Å²) in [6, 6.07) is 3.56. The van der Waals surface area contributed by atoms with Gasteiger partial charge in [0.05, 0.1) is 5.41 Å². The van der Waals surface area contributed by atoms with Gasteiger partial charge in [-0.05, 0) is 30.5 Å². The summed E-state index contributed by atoms with van der Waals surface area (Å²) in [5, 5.41) is 9.26. The van der Waals surface area contributed by atoms with Gasteiger partial charge >= 0.3 is 5.97 Å². The van der Waals surface area contributed by atoms with Crippen LogP contribution in [0.15, 0.2) is 24.5 Å². The van der Waals surface area contributed by atoms with E-state index in [0.29, 0.717) is 12.8 Å². The van der Waals surface area contributed by atoms with E-state index in [1.807, 2.05) is 13.8 Å². The number of aromatic nitrogens is 1. The number of carbonyl (C=O) groups is 1. The molecule has 0 unspecified atom stereocenters. The van der Waals surface area contributed by atoms with E-state index < -0.39 is 11.4 Å². The van der Waals surface area contributed by atoms with E-state index in [1.54, 1.807) is 24.5 Å². The van der Waals surface area contributed by atoms with E-state index in [-0.39, 0.29) is 0 Å². The Kier molecular flexibility index (Phi) is 3.23. The van der Waals surface area contributed by atoms with Crippen LogP contribution in [0, 0.1) is 0 Å². The van der Waals surface area contributed by atoms with Crippen LogP contribution in [0.3, 0.4) is 0 Å². The van der Waals surface area contributed by atoms with Gasteiger partial charge < -0.3 is 5.11 Å². The molecule has 1 rings (SSSR count). The molecule has 1 heterocycles. The van der Waals surface area contributed by atoms with E-state index in [0.717, 1.165) is 5.56 Å². The van der Waals surface area contributed by atoms with Gasteiger partial charge in [0.15, 0.2) is 0 Å². The fourth-order valence-electron chi connectivity index (χ4n) is 1.76. The van der Waals surface area contributed by atoms with Crippen LogP contribution < -0.4 is 0 Å². The number of pyridine rings is 1. The number of hydrogen-bond acceptors (Lipinski definition) is 2. The fraction of sp³-hybridized carbons (Fsp3) is 0.455. The van der Waals surface area contributed by atoms with Gasteiger partial charge in [-0.1, -0.05) is 13.8 Å². The molecule has 0 saturated heterocycles. The zero-order valence-corrected chi connectivity index (χ0v) is 8.53. The van der Waals surface area contributed by atoms with Crippen molar-refractivity contribution in [2.75, 3.05) is 0 Å². The minimum atomic E-state index is -0.756. The average Bonchev–Trinajstić information content (AvgIpc) is 2.22. The second kappa shape index (κ2) is 4.22. The lowest BCUT2D eigenvalue weighted by atomic mass is 9.76. The number of carboxylic acids is 1. The first-order valence-electron chi connectivity index (χ1n) is 4.81. The smallest absolute Gasteiger partial charge is 0.314 e. The van der Waals surface area contributed by atoms with Crippen molar-refractivity contribution >= 4 is 5.97 Å². The van der Waals surface area contributed by atoms with Crippen molar-refractivity contribution in [3.05, 3.63) is 30.1 Å². The van der Waals surface area contributed by atoms with Crippen LogP contribution in [0.25, 0.3) is 0 Å². The Balaban J connectivity index is 3.18. The first kappa shape index (κ1) is 10.7. The number of aliphatic carboxylic acids is 1. The van der Waals surface area contributed by atoms with Crippen molar-refractivity contribution in [2.45, 2.75) is 32.1 Å². The summed E-state index contributed by atoms with van der Waals surface area (Å²) >= 11 is 0. The third kappa shape index (κ3) is 1.62. The highest BCUT2D eigenvalue weighted by Crippen LogP contribution is 2.31. The van der Waals surface area contributed by atoms with Gasteiger partial charge in [0.1, 0.15) is 0 Å². The van der Waals surface area contributed by atoms with Gasteiger partial charge in [0.2, 0.25) is 0 Å². The van der Waals surface area contributed by atoms with Crippen molar-refractivity contribution in [2.24, 2.45) is 0 Å². The molecule has 0 aliphatic heterocycles. The van der Waals surface area contributed by atoms with Crippen molar-refractivity contribution in [1.29, 1.82) is 0 Å². The van der Waals surface area contributed by atoms with Crippen molar-refractivity contribution in [1.82, 2.24) is 4.98 Å². The summed E-state index contributed by atoms with van der Waals surface area (Å²) in [7, 11) is 0. The molecule has 76 valence electrons. The summed E-state index contributed by atoms with van der Waals surface area (Å²) in [6.45, 7) is 3.80. The van der Waals surface area contributed by atoms with Gasteiger partial charge in [0, 0.05) is 12.4 Å². The monoisotopic (exact) mass is 193 g/mol. The van der Waals surface area contributed by atoms with Crippen LogP contribution in [0.1, 0.15) is 32.3 Å². The highest BCUT2D eigenvalue weighted by molar-refractivity contribution is 5.81. The Morgan fingerprint density at radius 2 is 1.86 bits per heavy atom. The zero-order chi connectivity index (χ0) is 10.6. The molecule has 1 N–H and O–H groups in total. The standard InChI is InChI=1S/C11H15NO2/c1-3-11(4-2,10(13)14)9-5-7-12-8-6-9/h5-8H,3-4H2,1-2H3,(H,13,14). The van der Waals surface area contributed by atoms with Gasteiger partial charge in [-0.15, -0.1) is 0 Å². The molecule has 1 aromatic heterocycles. The van der Waals surface area contributed by atoms with Gasteiger partial charge in [-0.3, -0.25) is 9.78 Å². The van der Waals surface area contributed by atoms with Crippen LogP contribution in [-0.2, 0) is 10.2 Å². The molecule has 0 amide bonds. The molecule has 0 fully saturated rings. The zero-order valence-electron chi connectivity index (χ0n) is 8.53. The number of hydrogen-bond donors (Lipinski definition) is 1. The molecule has 0 bridgehead atoms. The second-order valence-corrected chi connectivity index (χ2v) is 3.33. The summed E-state index contributed by atoms with van der Waals surface area (Å²) in [4.78, 5) is 15.2. The molecular formula is C11H15NO2. The van der Waals surface area contributed by atoms with Crippen LogP contribution in [-0.4, -0.2) is 16.1 Å². The Labute approximate surface area is 83.8 Å². The third-order valence-electron chi connectivity index (χ3n) is 2.85. The molecule has 3 nitrogen and oxygen atoms in total. The third-order valence-corrected chi connectivity index (χ3v) is 2.85. The number of carboxylic acid groups (broad SMARTS) is 1. The molecule has 3 heteroatoms. The molecule has 0 saturated carbocycles. The summed E-state index contributed by atoms with van der Waals surface area (Å²) in [5.41, 5.74) is 0.0909. The molecule has 14 heavy (non-hydrogen) atoms. The molecule has 0 aliphatic rings. The fourth-order valence-corrected chi connectivity index (χ4v) is 1.76. The minimum absolute atomic E-state index is 0.600. The SMILES string of the molecule is CCC(CC)(C(=O)O)c1ccncc1. The van der Waals surface area contributed by atoms with Crippen molar-refractivity contribution in [3.8, 4) is 0 Å². The lowest BCUT2D eigenvalue weighted by Crippen LogP contribution is -2.34. The highest BCUT2D eigenvalue weighted by atomic mass is 16.4. The first-order valence-corrected chi connectivity index (χ1v) is 4.81. The topological polar surface area (TPSA) is 50.2 Å². The quantitative estimate of drug-likeness (QED) is 0.797. The molecule has 0 aliphatic carbocycles. The Hall–Kier alpha value is -1.38. The van der Waals surface area contributed by atoms with Gasteiger partial charge in [-0.25, -0.2) is 0 Å². The Morgan fingerprint density at radius 3 is 2.21 bits per heavy atom. The Bertz CT molecular complexity index is 304. The van der Waals surface area contributed by atoms with E-state index >= 15 is 0 Å². The second-order valence-electron chi connectivity index (χ2n) is 3.33. The predicted octanol–water partition coefficient (Wildman–Crippen LogP) is 2.22. The van der Waals surface area contributed by atoms with Crippen LogP contribution in [0.5, 0.6) is 0 Å². The van der Waals surface area contributed by atoms with Crippen molar-refractivity contribution < 1.29 is 9.90 Å². The summed E-state index contributed by atoms with van der Waals surface area (Å²) in [5.74, 6) is -0.756. The lowest BCUT2D eigenvalue weighted by Gasteiger charge is -2.26. The van der Waals surface area contributed by atoms with Gasteiger partial charge in [-0.2, -0.15) is 0 Å². The molecule has 0 atom stereocenters. The van der Waals surface area contributed by atoms with E-state index in [4.69, 9.17) is 0 Å². The maximum absolute atomic E-state index is 11.3. The highest BCUT2D eigenvalue weighted by Gasteiger charge is 2.36. The number of rotatable bonds is 4.